The minimum absolute atomic E-state index is 0.0264. The standard InChI is InChI=1S/C12H16O4/c13-6-7-14-11-8-15-12(16-9-11)10-4-2-1-3-5-10/h1-5,11-13H,6-9H2. The van der Waals surface area contributed by atoms with E-state index in [0.717, 1.165) is 5.56 Å². The Hall–Kier alpha value is -0.940. The lowest BCUT2D eigenvalue weighted by molar-refractivity contribution is -0.231. The average Bonchev–Trinajstić information content (AvgIpc) is 2.38. The molecule has 0 bridgehead atoms. The van der Waals surface area contributed by atoms with Crippen LogP contribution in [0.1, 0.15) is 11.9 Å². The molecule has 0 aromatic heterocycles. The number of ether oxygens (including phenoxy) is 3. The van der Waals surface area contributed by atoms with E-state index in [2.05, 4.69) is 0 Å². The van der Waals surface area contributed by atoms with Gasteiger partial charge in [0, 0.05) is 5.56 Å². The van der Waals surface area contributed by atoms with Crippen molar-refractivity contribution in [3.8, 4) is 0 Å². The predicted octanol–water partition coefficient (Wildman–Crippen LogP) is 1.11. The largest absolute Gasteiger partial charge is 0.394 e. The highest BCUT2D eigenvalue weighted by atomic mass is 16.7. The van der Waals surface area contributed by atoms with Crippen molar-refractivity contribution in [1.82, 2.24) is 0 Å². The summed E-state index contributed by atoms with van der Waals surface area (Å²) >= 11 is 0. The molecule has 1 heterocycles. The number of hydrogen-bond acceptors (Lipinski definition) is 4. The summed E-state index contributed by atoms with van der Waals surface area (Å²) < 4.78 is 16.4. The molecule has 1 saturated heterocycles. The molecule has 0 unspecified atom stereocenters. The Morgan fingerprint density at radius 1 is 1.19 bits per heavy atom. The second-order valence-electron chi connectivity index (χ2n) is 3.63. The fourth-order valence-corrected chi connectivity index (χ4v) is 1.60. The second kappa shape index (κ2) is 5.96. The van der Waals surface area contributed by atoms with Crippen LogP contribution in [0.4, 0.5) is 0 Å². The molecular formula is C12H16O4. The van der Waals surface area contributed by atoms with Crippen LogP contribution < -0.4 is 0 Å². The van der Waals surface area contributed by atoms with E-state index in [4.69, 9.17) is 19.3 Å². The first kappa shape index (κ1) is 11.5. The molecule has 2 rings (SSSR count). The fourth-order valence-electron chi connectivity index (χ4n) is 1.60. The minimum atomic E-state index is -0.296. The molecule has 0 radical (unpaired) electrons. The van der Waals surface area contributed by atoms with E-state index in [1.54, 1.807) is 0 Å². The van der Waals surface area contributed by atoms with Gasteiger partial charge in [-0.15, -0.1) is 0 Å². The third-order valence-corrected chi connectivity index (χ3v) is 2.38. The average molecular weight is 224 g/mol. The van der Waals surface area contributed by atoms with Gasteiger partial charge in [-0.2, -0.15) is 0 Å². The first-order chi connectivity index (χ1) is 7.90. The first-order valence-electron chi connectivity index (χ1n) is 5.41. The van der Waals surface area contributed by atoms with Crippen molar-refractivity contribution in [2.75, 3.05) is 26.4 Å². The van der Waals surface area contributed by atoms with Gasteiger partial charge in [0.1, 0.15) is 6.10 Å². The molecule has 0 atom stereocenters. The molecule has 1 aromatic rings. The summed E-state index contributed by atoms with van der Waals surface area (Å²) in [6.45, 7) is 1.35. The Bertz CT molecular complexity index is 293. The minimum Gasteiger partial charge on any atom is -0.394 e. The molecule has 16 heavy (non-hydrogen) atoms. The van der Waals surface area contributed by atoms with E-state index in [9.17, 15) is 0 Å². The van der Waals surface area contributed by atoms with Crippen LogP contribution in [-0.4, -0.2) is 37.6 Å². The first-order valence-corrected chi connectivity index (χ1v) is 5.41. The zero-order valence-corrected chi connectivity index (χ0v) is 9.04. The van der Waals surface area contributed by atoms with E-state index in [1.165, 1.54) is 0 Å². The Morgan fingerprint density at radius 2 is 1.88 bits per heavy atom. The molecule has 0 saturated carbocycles. The Labute approximate surface area is 94.8 Å². The lowest BCUT2D eigenvalue weighted by atomic mass is 10.2. The molecule has 0 amide bonds. The lowest BCUT2D eigenvalue weighted by Gasteiger charge is -2.29. The molecule has 4 nitrogen and oxygen atoms in total. The highest BCUT2D eigenvalue weighted by Gasteiger charge is 2.23. The van der Waals surface area contributed by atoms with Crippen LogP contribution in [0.3, 0.4) is 0 Å². The maximum atomic E-state index is 8.62. The van der Waals surface area contributed by atoms with Crippen molar-refractivity contribution < 1.29 is 19.3 Å². The second-order valence-corrected chi connectivity index (χ2v) is 3.63. The number of hydrogen-bond donors (Lipinski definition) is 1. The molecule has 88 valence electrons. The maximum absolute atomic E-state index is 8.62. The van der Waals surface area contributed by atoms with Crippen LogP contribution in [0.15, 0.2) is 30.3 Å². The number of aliphatic hydroxyl groups excluding tert-OH is 1. The predicted molar refractivity (Wildman–Crippen MR) is 57.9 cm³/mol. The van der Waals surface area contributed by atoms with Gasteiger partial charge in [-0.3, -0.25) is 0 Å². The van der Waals surface area contributed by atoms with Crippen LogP contribution >= 0.6 is 0 Å². The molecular weight excluding hydrogens is 208 g/mol. The van der Waals surface area contributed by atoms with E-state index < -0.39 is 0 Å². The zero-order valence-electron chi connectivity index (χ0n) is 9.04. The van der Waals surface area contributed by atoms with Crippen LogP contribution in [0.5, 0.6) is 0 Å². The van der Waals surface area contributed by atoms with Gasteiger partial charge < -0.3 is 19.3 Å². The van der Waals surface area contributed by atoms with Gasteiger partial charge in [-0.25, -0.2) is 0 Å². The molecule has 4 heteroatoms. The quantitative estimate of drug-likeness (QED) is 0.832. The Morgan fingerprint density at radius 3 is 2.50 bits per heavy atom. The fraction of sp³-hybridized carbons (Fsp3) is 0.500. The normalized spacial score (nSPS) is 25.6. The Balaban J connectivity index is 1.81. The van der Waals surface area contributed by atoms with Crippen LogP contribution in [0.25, 0.3) is 0 Å². The summed E-state index contributed by atoms with van der Waals surface area (Å²) in [7, 11) is 0. The van der Waals surface area contributed by atoms with E-state index in [-0.39, 0.29) is 19.0 Å². The molecule has 1 N–H and O–H groups in total. The molecule has 1 fully saturated rings. The van der Waals surface area contributed by atoms with Crippen molar-refractivity contribution in [3.63, 3.8) is 0 Å². The zero-order chi connectivity index (χ0) is 11.2. The van der Waals surface area contributed by atoms with Gasteiger partial charge in [0.05, 0.1) is 26.4 Å². The summed E-state index contributed by atoms with van der Waals surface area (Å²) in [5.41, 5.74) is 1.02. The van der Waals surface area contributed by atoms with Crippen molar-refractivity contribution in [3.05, 3.63) is 35.9 Å². The monoisotopic (exact) mass is 224 g/mol. The lowest BCUT2D eigenvalue weighted by Crippen LogP contribution is -2.34. The number of rotatable bonds is 4. The van der Waals surface area contributed by atoms with Gasteiger partial charge in [-0.1, -0.05) is 30.3 Å². The maximum Gasteiger partial charge on any atom is 0.184 e. The summed E-state index contributed by atoms with van der Waals surface area (Å²) in [6.07, 6.45) is -0.373. The topological polar surface area (TPSA) is 47.9 Å². The van der Waals surface area contributed by atoms with Crippen LogP contribution in [0, 0.1) is 0 Å². The van der Waals surface area contributed by atoms with E-state index in [0.29, 0.717) is 19.8 Å². The molecule has 1 aliphatic heterocycles. The highest BCUT2D eigenvalue weighted by Crippen LogP contribution is 2.23. The van der Waals surface area contributed by atoms with Crippen molar-refractivity contribution in [2.45, 2.75) is 12.4 Å². The smallest absolute Gasteiger partial charge is 0.184 e. The van der Waals surface area contributed by atoms with Crippen LogP contribution in [-0.2, 0) is 14.2 Å². The van der Waals surface area contributed by atoms with E-state index in [1.807, 2.05) is 30.3 Å². The molecule has 0 aliphatic carbocycles. The molecule has 1 aliphatic rings. The third-order valence-electron chi connectivity index (χ3n) is 2.38. The van der Waals surface area contributed by atoms with Gasteiger partial charge in [-0.05, 0) is 0 Å². The Kier molecular flexibility index (Phi) is 4.30. The molecule has 1 aromatic carbocycles. The van der Waals surface area contributed by atoms with Crippen molar-refractivity contribution in [1.29, 1.82) is 0 Å². The van der Waals surface area contributed by atoms with E-state index >= 15 is 0 Å². The summed E-state index contributed by atoms with van der Waals surface area (Å²) in [5, 5.41) is 8.62. The summed E-state index contributed by atoms with van der Waals surface area (Å²) in [4.78, 5) is 0. The number of benzene rings is 1. The summed E-state index contributed by atoms with van der Waals surface area (Å²) in [5.74, 6) is 0. The van der Waals surface area contributed by atoms with Gasteiger partial charge in [0.2, 0.25) is 0 Å². The highest BCUT2D eigenvalue weighted by molar-refractivity contribution is 5.16. The van der Waals surface area contributed by atoms with Crippen molar-refractivity contribution in [2.24, 2.45) is 0 Å². The van der Waals surface area contributed by atoms with Crippen LogP contribution in [0.2, 0.25) is 0 Å². The van der Waals surface area contributed by atoms with Gasteiger partial charge >= 0.3 is 0 Å². The van der Waals surface area contributed by atoms with Crippen molar-refractivity contribution >= 4 is 0 Å². The van der Waals surface area contributed by atoms with Gasteiger partial charge in [0.25, 0.3) is 0 Å². The molecule has 0 spiro atoms. The summed E-state index contributed by atoms with van der Waals surface area (Å²) in [6, 6.07) is 9.81. The van der Waals surface area contributed by atoms with Gasteiger partial charge in [0.15, 0.2) is 6.29 Å². The SMILES string of the molecule is OCCOC1COC(c2ccccc2)OC1. The number of aliphatic hydroxyl groups is 1. The third kappa shape index (κ3) is 3.02.